The van der Waals surface area contributed by atoms with E-state index in [2.05, 4.69) is 16.8 Å². The van der Waals surface area contributed by atoms with Crippen LogP contribution in [-0.2, 0) is 13.0 Å². The van der Waals surface area contributed by atoms with Crippen molar-refractivity contribution in [1.82, 2.24) is 9.88 Å². The van der Waals surface area contributed by atoms with Crippen molar-refractivity contribution < 1.29 is 5.11 Å². The molecule has 0 amide bonds. The molecule has 2 rings (SSSR count). The normalized spacial score (nSPS) is 22.4. The maximum atomic E-state index is 8.97. The molecule has 0 spiro atoms. The highest BCUT2D eigenvalue weighted by molar-refractivity contribution is 7.11. The Morgan fingerprint density at radius 1 is 1.67 bits per heavy atom. The van der Waals surface area contributed by atoms with Gasteiger partial charge in [0.15, 0.2) is 0 Å². The summed E-state index contributed by atoms with van der Waals surface area (Å²) in [6.45, 7) is 4.72. The van der Waals surface area contributed by atoms with Crippen molar-refractivity contribution in [3.05, 3.63) is 16.1 Å². The van der Waals surface area contributed by atoms with Crippen molar-refractivity contribution in [3.8, 4) is 0 Å². The molecule has 1 atom stereocenters. The van der Waals surface area contributed by atoms with Crippen LogP contribution < -0.4 is 0 Å². The van der Waals surface area contributed by atoms with E-state index in [0.717, 1.165) is 17.8 Å². The summed E-state index contributed by atoms with van der Waals surface area (Å²) in [5, 5.41) is 10.1. The average Bonchev–Trinajstić information content (AvgIpc) is 2.87. The first-order valence-electron chi connectivity index (χ1n) is 5.62. The number of likely N-dealkylation sites (N-methyl/N-ethyl adjacent to an activating group) is 1. The topological polar surface area (TPSA) is 36.4 Å². The zero-order valence-corrected chi connectivity index (χ0v) is 9.96. The van der Waals surface area contributed by atoms with E-state index in [0.29, 0.717) is 6.04 Å². The first-order valence-corrected chi connectivity index (χ1v) is 6.43. The van der Waals surface area contributed by atoms with Crippen molar-refractivity contribution in [1.29, 1.82) is 0 Å². The SMILES string of the molecule is CCN1CCCC1Cc1ncc(CO)s1. The Labute approximate surface area is 94.8 Å². The van der Waals surface area contributed by atoms with Crippen LogP contribution in [-0.4, -0.2) is 34.1 Å². The number of hydrogen-bond donors (Lipinski definition) is 1. The molecule has 0 aliphatic carbocycles. The molecule has 0 aromatic carbocycles. The van der Waals surface area contributed by atoms with Crippen molar-refractivity contribution in [2.24, 2.45) is 0 Å². The van der Waals surface area contributed by atoms with Gasteiger partial charge in [-0.05, 0) is 25.9 Å². The second-order valence-corrected chi connectivity index (χ2v) is 5.21. The maximum Gasteiger partial charge on any atom is 0.0944 e. The molecule has 1 aromatic rings. The number of hydrogen-bond acceptors (Lipinski definition) is 4. The second-order valence-electron chi connectivity index (χ2n) is 4.01. The Bertz CT molecular complexity index is 313. The number of aliphatic hydroxyl groups excluding tert-OH is 1. The smallest absolute Gasteiger partial charge is 0.0944 e. The van der Waals surface area contributed by atoms with Gasteiger partial charge in [0.2, 0.25) is 0 Å². The number of nitrogens with zero attached hydrogens (tertiary/aromatic N) is 2. The van der Waals surface area contributed by atoms with E-state index >= 15 is 0 Å². The fourth-order valence-electron chi connectivity index (χ4n) is 2.26. The number of thiazole rings is 1. The standard InChI is InChI=1S/C11H18N2OS/c1-2-13-5-3-4-9(13)6-11-12-7-10(8-14)15-11/h7,9,14H,2-6,8H2,1H3. The van der Waals surface area contributed by atoms with E-state index < -0.39 is 0 Å². The van der Waals surface area contributed by atoms with Crippen LogP contribution in [0.15, 0.2) is 6.20 Å². The summed E-state index contributed by atoms with van der Waals surface area (Å²) < 4.78 is 0. The van der Waals surface area contributed by atoms with Crippen LogP contribution in [0.4, 0.5) is 0 Å². The van der Waals surface area contributed by atoms with Gasteiger partial charge in [0.1, 0.15) is 0 Å². The molecule has 1 aliphatic heterocycles. The molecule has 1 aliphatic rings. The summed E-state index contributed by atoms with van der Waals surface area (Å²) in [6, 6.07) is 0.674. The van der Waals surface area contributed by atoms with E-state index in [1.54, 1.807) is 17.5 Å². The highest BCUT2D eigenvalue weighted by atomic mass is 32.1. The van der Waals surface area contributed by atoms with Crippen molar-refractivity contribution in [3.63, 3.8) is 0 Å². The zero-order chi connectivity index (χ0) is 10.7. The summed E-state index contributed by atoms with van der Waals surface area (Å²) in [4.78, 5) is 7.86. The first kappa shape index (κ1) is 11.0. The molecule has 0 bridgehead atoms. The Morgan fingerprint density at radius 3 is 3.20 bits per heavy atom. The van der Waals surface area contributed by atoms with Crippen molar-refractivity contribution >= 4 is 11.3 Å². The molecule has 4 heteroatoms. The Kier molecular flexibility index (Phi) is 3.72. The number of aliphatic hydroxyl groups is 1. The van der Waals surface area contributed by atoms with E-state index in [4.69, 9.17) is 5.11 Å². The number of aromatic nitrogens is 1. The van der Waals surface area contributed by atoms with Gasteiger partial charge < -0.3 is 10.0 Å². The van der Waals surface area contributed by atoms with Crippen LogP contribution >= 0.6 is 11.3 Å². The highest BCUT2D eigenvalue weighted by Gasteiger charge is 2.23. The molecular formula is C11H18N2OS. The van der Waals surface area contributed by atoms with Crippen LogP contribution in [0.25, 0.3) is 0 Å². The summed E-state index contributed by atoms with van der Waals surface area (Å²) in [7, 11) is 0. The quantitative estimate of drug-likeness (QED) is 0.848. The van der Waals surface area contributed by atoms with Crippen LogP contribution in [0, 0.1) is 0 Å². The highest BCUT2D eigenvalue weighted by Crippen LogP contribution is 2.23. The molecule has 0 radical (unpaired) electrons. The lowest BCUT2D eigenvalue weighted by Gasteiger charge is -2.21. The second kappa shape index (κ2) is 5.05. The van der Waals surface area contributed by atoms with Crippen LogP contribution in [0.1, 0.15) is 29.7 Å². The van der Waals surface area contributed by atoms with Gasteiger partial charge in [-0.25, -0.2) is 4.98 Å². The summed E-state index contributed by atoms with van der Waals surface area (Å²) in [5.41, 5.74) is 0. The third-order valence-electron chi connectivity index (χ3n) is 3.07. The van der Waals surface area contributed by atoms with Gasteiger partial charge in [-0.15, -0.1) is 11.3 Å². The molecule has 15 heavy (non-hydrogen) atoms. The van der Waals surface area contributed by atoms with E-state index in [-0.39, 0.29) is 6.61 Å². The van der Waals surface area contributed by atoms with Gasteiger partial charge in [-0.2, -0.15) is 0 Å². The first-order chi connectivity index (χ1) is 7.33. The minimum atomic E-state index is 0.125. The maximum absolute atomic E-state index is 8.97. The lowest BCUT2D eigenvalue weighted by molar-refractivity contribution is 0.266. The summed E-state index contributed by atoms with van der Waals surface area (Å²) in [5.74, 6) is 0. The average molecular weight is 226 g/mol. The molecule has 1 saturated heterocycles. The van der Waals surface area contributed by atoms with Gasteiger partial charge in [0.25, 0.3) is 0 Å². The Hall–Kier alpha value is -0.450. The van der Waals surface area contributed by atoms with E-state index in [1.807, 2.05) is 0 Å². The van der Waals surface area contributed by atoms with Crippen LogP contribution in [0.5, 0.6) is 0 Å². The Balaban J connectivity index is 1.95. The van der Waals surface area contributed by atoms with Gasteiger partial charge in [-0.3, -0.25) is 0 Å². The molecule has 2 heterocycles. The molecule has 1 fully saturated rings. The Morgan fingerprint density at radius 2 is 2.53 bits per heavy atom. The number of likely N-dealkylation sites (tertiary alicyclic amines) is 1. The van der Waals surface area contributed by atoms with Gasteiger partial charge in [0, 0.05) is 18.7 Å². The van der Waals surface area contributed by atoms with E-state index in [9.17, 15) is 0 Å². The lowest BCUT2D eigenvalue weighted by atomic mass is 10.1. The minimum Gasteiger partial charge on any atom is -0.391 e. The molecule has 1 N–H and O–H groups in total. The molecule has 84 valence electrons. The van der Waals surface area contributed by atoms with Crippen molar-refractivity contribution in [2.75, 3.05) is 13.1 Å². The minimum absolute atomic E-state index is 0.125. The van der Waals surface area contributed by atoms with Crippen molar-refractivity contribution in [2.45, 2.75) is 38.8 Å². The number of rotatable bonds is 4. The predicted octanol–water partition coefficient (Wildman–Crippen LogP) is 1.66. The molecular weight excluding hydrogens is 208 g/mol. The van der Waals surface area contributed by atoms with Gasteiger partial charge in [-0.1, -0.05) is 6.92 Å². The fraction of sp³-hybridized carbons (Fsp3) is 0.727. The fourth-order valence-corrected chi connectivity index (χ4v) is 3.11. The van der Waals surface area contributed by atoms with Crippen LogP contribution in [0.2, 0.25) is 0 Å². The van der Waals surface area contributed by atoms with E-state index in [1.165, 1.54) is 24.4 Å². The predicted molar refractivity (Wildman–Crippen MR) is 62.0 cm³/mol. The lowest BCUT2D eigenvalue weighted by Crippen LogP contribution is -2.30. The molecule has 0 saturated carbocycles. The summed E-state index contributed by atoms with van der Waals surface area (Å²) in [6.07, 6.45) is 5.46. The van der Waals surface area contributed by atoms with Gasteiger partial charge >= 0.3 is 0 Å². The largest absolute Gasteiger partial charge is 0.391 e. The molecule has 3 nitrogen and oxygen atoms in total. The third kappa shape index (κ3) is 2.56. The summed E-state index contributed by atoms with van der Waals surface area (Å²) >= 11 is 1.64. The zero-order valence-electron chi connectivity index (χ0n) is 9.15. The van der Waals surface area contributed by atoms with Crippen LogP contribution in [0.3, 0.4) is 0 Å². The molecule has 1 aromatic heterocycles. The monoisotopic (exact) mass is 226 g/mol. The molecule has 1 unspecified atom stereocenters. The third-order valence-corrected chi connectivity index (χ3v) is 4.08. The van der Waals surface area contributed by atoms with Gasteiger partial charge in [0.05, 0.1) is 16.5 Å².